The van der Waals surface area contributed by atoms with Gasteiger partial charge in [0, 0.05) is 15.8 Å². The van der Waals surface area contributed by atoms with Crippen LogP contribution in [0.2, 0.25) is 0 Å². The van der Waals surface area contributed by atoms with E-state index in [-0.39, 0.29) is 6.42 Å². The molecule has 0 spiro atoms. The molecule has 5 rings (SSSR count). The van der Waals surface area contributed by atoms with E-state index in [2.05, 4.69) is 4.98 Å². The maximum Gasteiger partial charge on any atom is 0.346 e. The summed E-state index contributed by atoms with van der Waals surface area (Å²) in [6.07, 6.45) is -0.200. The van der Waals surface area contributed by atoms with E-state index in [0.29, 0.717) is 32.5 Å². The molecular weight excluding hydrogens is 438 g/mol. The van der Waals surface area contributed by atoms with Gasteiger partial charge in [0.15, 0.2) is 0 Å². The number of carbonyl (C=O) groups is 1. The fourth-order valence-corrected chi connectivity index (χ4v) is 4.54. The third-order valence-electron chi connectivity index (χ3n) is 4.99. The summed E-state index contributed by atoms with van der Waals surface area (Å²) in [4.78, 5) is 29.3. The van der Waals surface area contributed by atoms with Gasteiger partial charge in [-0.3, -0.25) is 4.79 Å². The Bertz CT molecular complexity index is 1500. The first-order chi connectivity index (χ1) is 16.1. The van der Waals surface area contributed by atoms with Gasteiger partial charge in [-0.05, 0) is 48.5 Å². The van der Waals surface area contributed by atoms with E-state index in [1.807, 2.05) is 54.6 Å². The first-order valence-electron chi connectivity index (χ1n) is 10.1. The quantitative estimate of drug-likeness (QED) is 0.316. The van der Waals surface area contributed by atoms with Crippen molar-refractivity contribution in [1.82, 2.24) is 4.98 Å². The Morgan fingerprint density at radius 2 is 1.64 bits per heavy atom. The number of ether oxygens (including phenoxy) is 1. The maximum absolute atomic E-state index is 12.6. The largest absolute Gasteiger partial charge is 0.481 e. The van der Waals surface area contributed by atoms with E-state index >= 15 is 0 Å². The molecule has 2 aromatic heterocycles. The minimum absolute atomic E-state index is 0.200. The molecule has 0 saturated carbocycles. The van der Waals surface area contributed by atoms with Crippen molar-refractivity contribution in [2.75, 3.05) is 0 Å². The standard InChI is InChI=1S/C26H17NO5S/c28-23(29)15-22-24(16-10-12-19(13-11-16)31-18-7-2-1-3-8-18)27-25(33-22)20-14-17-6-4-5-9-21(17)32-26(20)30/h1-14H,15H2,(H,28,29). The van der Waals surface area contributed by atoms with Crippen LogP contribution in [0.4, 0.5) is 0 Å². The van der Waals surface area contributed by atoms with Gasteiger partial charge in [-0.1, -0.05) is 36.4 Å². The summed E-state index contributed by atoms with van der Waals surface area (Å²) in [6, 6.07) is 25.6. The minimum atomic E-state index is -0.971. The van der Waals surface area contributed by atoms with E-state index in [0.717, 1.165) is 16.7 Å². The number of benzene rings is 3. The van der Waals surface area contributed by atoms with Crippen molar-refractivity contribution in [3.63, 3.8) is 0 Å². The number of fused-ring (bicyclic) bond motifs is 1. The van der Waals surface area contributed by atoms with Crippen LogP contribution in [0.1, 0.15) is 4.88 Å². The molecule has 0 amide bonds. The number of hydrogen-bond donors (Lipinski definition) is 1. The number of hydrogen-bond acceptors (Lipinski definition) is 6. The molecule has 0 radical (unpaired) electrons. The number of thiazole rings is 1. The van der Waals surface area contributed by atoms with Gasteiger partial charge < -0.3 is 14.3 Å². The summed E-state index contributed by atoms with van der Waals surface area (Å²) in [7, 11) is 0. The molecule has 7 heteroatoms. The molecule has 2 heterocycles. The summed E-state index contributed by atoms with van der Waals surface area (Å²) in [5.41, 5.74) is 1.54. The lowest BCUT2D eigenvalue weighted by Crippen LogP contribution is -2.02. The number of para-hydroxylation sites is 2. The van der Waals surface area contributed by atoms with Crippen molar-refractivity contribution < 1.29 is 19.1 Å². The summed E-state index contributed by atoms with van der Waals surface area (Å²) in [6.45, 7) is 0. The Balaban J connectivity index is 1.53. The number of carboxylic acids is 1. The topological polar surface area (TPSA) is 89.6 Å². The molecule has 0 atom stereocenters. The molecule has 0 aliphatic rings. The lowest BCUT2D eigenvalue weighted by molar-refractivity contribution is -0.136. The van der Waals surface area contributed by atoms with E-state index in [9.17, 15) is 14.7 Å². The van der Waals surface area contributed by atoms with E-state index in [1.165, 1.54) is 11.3 Å². The molecule has 0 unspecified atom stereocenters. The second kappa shape index (κ2) is 8.72. The van der Waals surface area contributed by atoms with Crippen molar-refractivity contribution >= 4 is 28.3 Å². The molecule has 0 fully saturated rings. The lowest BCUT2D eigenvalue weighted by atomic mass is 10.1. The van der Waals surface area contributed by atoms with Crippen LogP contribution in [0.25, 0.3) is 32.8 Å². The number of rotatable bonds is 6. The van der Waals surface area contributed by atoms with Crippen molar-refractivity contribution in [1.29, 1.82) is 0 Å². The monoisotopic (exact) mass is 455 g/mol. The van der Waals surface area contributed by atoms with Gasteiger partial charge in [0.25, 0.3) is 0 Å². The van der Waals surface area contributed by atoms with Gasteiger partial charge in [0.1, 0.15) is 22.1 Å². The average molecular weight is 455 g/mol. The summed E-state index contributed by atoms with van der Waals surface area (Å²) < 4.78 is 11.3. The lowest BCUT2D eigenvalue weighted by Gasteiger charge is -2.06. The second-order valence-electron chi connectivity index (χ2n) is 7.29. The van der Waals surface area contributed by atoms with Gasteiger partial charge in [0.2, 0.25) is 0 Å². The van der Waals surface area contributed by atoms with Crippen LogP contribution >= 0.6 is 11.3 Å². The number of nitrogens with zero attached hydrogens (tertiary/aromatic N) is 1. The van der Waals surface area contributed by atoms with Gasteiger partial charge in [-0.2, -0.15) is 0 Å². The number of aliphatic carboxylic acids is 1. The van der Waals surface area contributed by atoms with Crippen molar-refractivity contribution in [2.45, 2.75) is 6.42 Å². The third-order valence-corrected chi connectivity index (χ3v) is 6.08. The molecular formula is C26H17NO5S. The molecule has 0 aliphatic heterocycles. The Hall–Kier alpha value is -4.23. The number of carboxylic acid groups (broad SMARTS) is 1. The fraction of sp³-hybridized carbons (Fsp3) is 0.0385. The highest BCUT2D eigenvalue weighted by molar-refractivity contribution is 7.15. The van der Waals surface area contributed by atoms with E-state index in [4.69, 9.17) is 9.15 Å². The first-order valence-corrected chi connectivity index (χ1v) is 11.0. The van der Waals surface area contributed by atoms with Crippen molar-refractivity contribution in [3.05, 3.63) is 100 Å². The Labute approximate surface area is 192 Å². The molecule has 162 valence electrons. The predicted octanol–water partition coefficient (Wildman–Crippen LogP) is 6.00. The molecule has 6 nitrogen and oxygen atoms in total. The highest BCUT2D eigenvalue weighted by Gasteiger charge is 2.19. The molecule has 0 bridgehead atoms. The van der Waals surface area contributed by atoms with Crippen LogP contribution < -0.4 is 10.4 Å². The Morgan fingerprint density at radius 3 is 2.39 bits per heavy atom. The first kappa shape index (κ1) is 20.7. The SMILES string of the molecule is O=C(O)Cc1sc(-c2cc3ccccc3oc2=O)nc1-c1ccc(Oc2ccccc2)cc1. The normalized spacial score (nSPS) is 10.9. The smallest absolute Gasteiger partial charge is 0.346 e. The predicted molar refractivity (Wildman–Crippen MR) is 127 cm³/mol. The number of aromatic nitrogens is 1. The van der Waals surface area contributed by atoms with Gasteiger partial charge >= 0.3 is 11.6 Å². The highest BCUT2D eigenvalue weighted by Crippen LogP contribution is 2.35. The summed E-state index contributed by atoms with van der Waals surface area (Å²) in [5.74, 6) is 0.396. The van der Waals surface area contributed by atoms with Crippen LogP contribution in [0.15, 0.2) is 94.1 Å². The van der Waals surface area contributed by atoms with Gasteiger partial charge in [-0.25, -0.2) is 9.78 Å². The molecule has 0 saturated heterocycles. The molecule has 0 aliphatic carbocycles. The minimum Gasteiger partial charge on any atom is -0.481 e. The Morgan fingerprint density at radius 1 is 0.939 bits per heavy atom. The zero-order valence-electron chi connectivity index (χ0n) is 17.2. The highest BCUT2D eigenvalue weighted by atomic mass is 32.1. The van der Waals surface area contributed by atoms with Crippen molar-refractivity contribution in [2.24, 2.45) is 0 Å². The average Bonchev–Trinajstić information content (AvgIpc) is 3.22. The van der Waals surface area contributed by atoms with Gasteiger partial charge in [0.05, 0.1) is 17.7 Å². The summed E-state index contributed by atoms with van der Waals surface area (Å²) >= 11 is 1.18. The van der Waals surface area contributed by atoms with Gasteiger partial charge in [-0.15, -0.1) is 11.3 Å². The molecule has 1 N–H and O–H groups in total. The second-order valence-corrected chi connectivity index (χ2v) is 8.37. The summed E-state index contributed by atoms with van der Waals surface area (Å²) in [5, 5.41) is 10.6. The zero-order chi connectivity index (χ0) is 22.8. The van der Waals surface area contributed by atoms with Crippen LogP contribution in [0.3, 0.4) is 0 Å². The van der Waals surface area contributed by atoms with Crippen LogP contribution in [0, 0.1) is 0 Å². The fourth-order valence-electron chi connectivity index (χ4n) is 3.47. The third kappa shape index (κ3) is 4.40. The van der Waals surface area contributed by atoms with Crippen LogP contribution in [-0.4, -0.2) is 16.1 Å². The molecule has 3 aromatic carbocycles. The van der Waals surface area contributed by atoms with Crippen LogP contribution in [0.5, 0.6) is 11.5 Å². The van der Waals surface area contributed by atoms with E-state index < -0.39 is 11.6 Å². The Kier molecular flexibility index (Phi) is 5.46. The molecule has 33 heavy (non-hydrogen) atoms. The van der Waals surface area contributed by atoms with Crippen LogP contribution in [-0.2, 0) is 11.2 Å². The maximum atomic E-state index is 12.6. The molecule has 5 aromatic rings. The van der Waals surface area contributed by atoms with Crippen molar-refractivity contribution in [3.8, 4) is 33.3 Å². The van der Waals surface area contributed by atoms with E-state index in [1.54, 1.807) is 30.3 Å². The zero-order valence-corrected chi connectivity index (χ0v) is 18.0.